The number of anilines is 1. The SMILES string of the molecule is CC(C)[C@H](NC(=O)[C@@H]1C=C2c3cccc4[nH]cc(c34)C[C@H]2N(C)C1)C(=O)N[C@@H](Cc1ccc([N+](=O)[O-])cc1)C(=O)N1c2ccccc2C[C@H]1C(N)=O. The maximum absolute atomic E-state index is 14.4. The number of nitrogens with two attached hydrogens (primary N) is 1. The lowest BCUT2D eigenvalue weighted by Gasteiger charge is -2.39. The van der Waals surface area contributed by atoms with Gasteiger partial charge < -0.3 is 21.4 Å². The number of para-hydroxylation sites is 1. The van der Waals surface area contributed by atoms with E-state index in [1.54, 1.807) is 12.1 Å². The summed E-state index contributed by atoms with van der Waals surface area (Å²) in [4.78, 5) is 72.8. The molecule has 5 N–H and O–H groups in total. The number of likely N-dealkylation sites (N-methyl/N-ethyl adjacent to an activating group) is 1. The molecule has 0 fully saturated rings. The van der Waals surface area contributed by atoms with Gasteiger partial charge in [0.25, 0.3) is 11.6 Å². The predicted octanol–water partition coefficient (Wildman–Crippen LogP) is 3.26. The van der Waals surface area contributed by atoms with Gasteiger partial charge in [0, 0.05) is 60.3 Å². The van der Waals surface area contributed by atoms with Gasteiger partial charge in [0.1, 0.15) is 18.1 Å². The summed E-state index contributed by atoms with van der Waals surface area (Å²) in [5.74, 6) is -3.00. The molecule has 13 heteroatoms. The van der Waals surface area contributed by atoms with Crippen LogP contribution in [0.15, 0.2) is 79.0 Å². The summed E-state index contributed by atoms with van der Waals surface area (Å²) in [6.45, 7) is 4.09. The summed E-state index contributed by atoms with van der Waals surface area (Å²) in [6, 6.07) is 15.9. The van der Waals surface area contributed by atoms with Crippen molar-refractivity contribution in [2.45, 2.75) is 57.3 Å². The molecule has 2 aliphatic heterocycles. The smallest absolute Gasteiger partial charge is 0.269 e. The summed E-state index contributed by atoms with van der Waals surface area (Å²) in [5.41, 5.74) is 12.0. The first kappa shape index (κ1) is 34.6. The molecule has 0 spiro atoms. The minimum absolute atomic E-state index is 0.0287. The Hall–Kier alpha value is -5.82. The molecule has 0 unspecified atom stereocenters. The van der Waals surface area contributed by atoms with E-state index in [9.17, 15) is 29.3 Å². The van der Waals surface area contributed by atoms with Crippen LogP contribution in [0.25, 0.3) is 16.5 Å². The molecule has 0 radical (unpaired) electrons. The van der Waals surface area contributed by atoms with Gasteiger partial charge in [0.15, 0.2) is 0 Å². The van der Waals surface area contributed by atoms with Gasteiger partial charge in [-0.05, 0) is 59.3 Å². The number of nitrogens with zero attached hydrogens (tertiary/aromatic N) is 3. The lowest BCUT2D eigenvalue weighted by molar-refractivity contribution is -0.384. The van der Waals surface area contributed by atoms with Crippen LogP contribution in [0.2, 0.25) is 0 Å². The number of benzene rings is 3. The van der Waals surface area contributed by atoms with E-state index >= 15 is 0 Å². The third-order valence-corrected chi connectivity index (χ3v) is 10.6. The summed E-state index contributed by atoms with van der Waals surface area (Å²) in [6.07, 6.45) is 5.10. The molecule has 7 rings (SSSR count). The standard InChI is InChI=1S/C39H41N7O6/c1-21(2)35(43-37(48)25-16-28-27-8-6-9-29-34(27)24(19-41-29)18-32(28)44(3)20-25)38(49)42-30(15-22-11-13-26(14-12-22)46(51)52)39(50)45-31-10-5-4-7-23(31)17-33(45)36(40)47/h4-14,16,19,21,25,30,32-33,35,41H,15,17-18,20H2,1-3H3,(H2,40,47)(H,42,49)(H,43,48)/t25-,30+,32-,33+,35+/m1/s1. The Labute approximate surface area is 300 Å². The van der Waals surface area contributed by atoms with Gasteiger partial charge in [-0.2, -0.15) is 0 Å². The number of hydrogen-bond acceptors (Lipinski definition) is 7. The number of non-ortho nitro benzene ring substituents is 1. The number of fused-ring (bicyclic) bond motifs is 3. The average Bonchev–Trinajstić information content (AvgIpc) is 3.73. The normalized spacial score (nSPS) is 20.4. The predicted molar refractivity (Wildman–Crippen MR) is 196 cm³/mol. The number of amides is 4. The number of aromatic amines is 1. The van der Waals surface area contributed by atoms with Crippen LogP contribution < -0.4 is 21.3 Å². The highest BCUT2D eigenvalue weighted by Crippen LogP contribution is 2.41. The fraction of sp³-hybridized carbons (Fsp3) is 0.333. The van der Waals surface area contributed by atoms with Crippen molar-refractivity contribution in [1.29, 1.82) is 0 Å². The van der Waals surface area contributed by atoms with Gasteiger partial charge in [-0.3, -0.25) is 39.1 Å². The number of nitrogens with one attached hydrogen (secondary N) is 3. The second-order valence-electron chi connectivity index (χ2n) is 14.3. The second-order valence-corrected chi connectivity index (χ2v) is 14.3. The minimum atomic E-state index is -1.19. The topological polar surface area (TPSA) is 184 Å². The number of primary amides is 1. The molecule has 0 saturated heterocycles. The number of hydrogen-bond donors (Lipinski definition) is 4. The number of rotatable bonds is 10. The summed E-state index contributed by atoms with van der Waals surface area (Å²) < 4.78 is 0. The van der Waals surface area contributed by atoms with Crippen LogP contribution in [-0.2, 0) is 38.4 Å². The Kier molecular flexibility index (Phi) is 9.13. The Morgan fingerprint density at radius 1 is 0.981 bits per heavy atom. The van der Waals surface area contributed by atoms with Crippen molar-refractivity contribution in [3.63, 3.8) is 0 Å². The van der Waals surface area contributed by atoms with Crippen molar-refractivity contribution < 1.29 is 24.1 Å². The first-order valence-corrected chi connectivity index (χ1v) is 17.5. The molecular formula is C39H41N7O6. The number of nitro groups is 1. The van der Waals surface area contributed by atoms with Crippen LogP contribution in [0.3, 0.4) is 0 Å². The van der Waals surface area contributed by atoms with Crippen LogP contribution in [-0.4, -0.2) is 76.2 Å². The highest BCUT2D eigenvalue weighted by Gasteiger charge is 2.42. The first-order chi connectivity index (χ1) is 24.9. The number of H-pyrrole nitrogens is 1. The Balaban J connectivity index is 1.15. The second kappa shape index (κ2) is 13.7. The molecule has 1 aliphatic carbocycles. The molecule has 4 amide bonds. The molecule has 13 nitrogen and oxygen atoms in total. The zero-order valence-corrected chi connectivity index (χ0v) is 29.2. The number of aromatic nitrogens is 1. The van der Waals surface area contributed by atoms with E-state index in [0.717, 1.165) is 28.6 Å². The summed E-state index contributed by atoms with van der Waals surface area (Å²) in [5, 5.41) is 18.3. The van der Waals surface area contributed by atoms with Gasteiger partial charge in [0.05, 0.1) is 10.8 Å². The zero-order chi connectivity index (χ0) is 36.8. The third kappa shape index (κ3) is 6.32. The highest BCUT2D eigenvalue weighted by molar-refractivity contribution is 6.07. The van der Waals surface area contributed by atoms with Gasteiger partial charge in [0.2, 0.25) is 17.7 Å². The van der Waals surface area contributed by atoms with Crippen molar-refractivity contribution in [2.75, 3.05) is 18.5 Å². The first-order valence-electron chi connectivity index (χ1n) is 17.5. The van der Waals surface area contributed by atoms with Gasteiger partial charge in [-0.1, -0.05) is 62.4 Å². The van der Waals surface area contributed by atoms with Crippen LogP contribution in [0.4, 0.5) is 11.4 Å². The Morgan fingerprint density at radius 3 is 2.44 bits per heavy atom. The fourth-order valence-corrected chi connectivity index (χ4v) is 7.91. The molecule has 1 aromatic heterocycles. The molecule has 0 saturated carbocycles. The van der Waals surface area contributed by atoms with Gasteiger partial charge in [-0.25, -0.2) is 0 Å². The van der Waals surface area contributed by atoms with E-state index in [2.05, 4.69) is 32.8 Å². The van der Waals surface area contributed by atoms with E-state index in [0.29, 0.717) is 17.8 Å². The van der Waals surface area contributed by atoms with Gasteiger partial charge in [-0.15, -0.1) is 0 Å². The van der Waals surface area contributed by atoms with E-state index in [4.69, 9.17) is 5.73 Å². The average molecular weight is 704 g/mol. The lowest BCUT2D eigenvalue weighted by atomic mass is 9.79. The van der Waals surface area contributed by atoms with Gasteiger partial charge >= 0.3 is 0 Å². The Morgan fingerprint density at radius 2 is 1.73 bits per heavy atom. The van der Waals surface area contributed by atoms with E-state index < -0.39 is 46.7 Å². The van der Waals surface area contributed by atoms with Crippen LogP contribution in [0, 0.1) is 22.0 Å². The number of carbonyl (C=O) groups is 4. The minimum Gasteiger partial charge on any atom is -0.368 e. The number of nitro benzene ring substituents is 1. The highest BCUT2D eigenvalue weighted by atomic mass is 16.6. The monoisotopic (exact) mass is 703 g/mol. The lowest BCUT2D eigenvalue weighted by Crippen LogP contribution is -2.59. The molecule has 268 valence electrons. The van der Waals surface area contributed by atoms with Crippen molar-refractivity contribution in [2.24, 2.45) is 17.6 Å². The fourth-order valence-electron chi connectivity index (χ4n) is 7.91. The summed E-state index contributed by atoms with van der Waals surface area (Å²) in [7, 11) is 2.01. The van der Waals surface area contributed by atoms with E-state index in [1.807, 2.05) is 51.2 Å². The zero-order valence-electron chi connectivity index (χ0n) is 29.2. The van der Waals surface area contributed by atoms with Crippen molar-refractivity contribution in [1.82, 2.24) is 20.5 Å². The summed E-state index contributed by atoms with van der Waals surface area (Å²) >= 11 is 0. The molecule has 52 heavy (non-hydrogen) atoms. The molecule has 5 atom stereocenters. The maximum atomic E-state index is 14.4. The maximum Gasteiger partial charge on any atom is 0.269 e. The van der Waals surface area contributed by atoms with Crippen molar-refractivity contribution in [3.05, 3.63) is 111 Å². The molecule has 4 aromatic rings. The Bertz CT molecular complexity index is 2120. The number of carbonyl (C=O) groups excluding carboxylic acids is 4. The largest absolute Gasteiger partial charge is 0.368 e. The molecule has 0 bridgehead atoms. The van der Waals surface area contributed by atoms with E-state index in [1.165, 1.54) is 40.1 Å². The van der Waals surface area contributed by atoms with Crippen LogP contribution in [0.5, 0.6) is 0 Å². The molecule has 3 heterocycles. The molecule has 3 aromatic carbocycles. The van der Waals surface area contributed by atoms with Crippen molar-refractivity contribution >= 4 is 51.5 Å². The van der Waals surface area contributed by atoms with Crippen molar-refractivity contribution in [3.8, 4) is 0 Å². The van der Waals surface area contributed by atoms with Crippen LogP contribution in [0.1, 0.15) is 36.1 Å². The van der Waals surface area contributed by atoms with E-state index in [-0.39, 0.29) is 36.4 Å². The molecular weight excluding hydrogens is 662 g/mol. The quantitative estimate of drug-likeness (QED) is 0.144. The third-order valence-electron chi connectivity index (χ3n) is 10.6. The molecule has 3 aliphatic rings. The van der Waals surface area contributed by atoms with Crippen LogP contribution >= 0.6 is 0 Å².